The first-order chi connectivity index (χ1) is 9.48. The first kappa shape index (κ1) is 16.0. The average Bonchev–Trinajstić information content (AvgIpc) is 2.70. The smallest absolute Gasteiger partial charge is 0.407 e. The minimum absolute atomic E-state index is 0.357. The van der Waals surface area contributed by atoms with Crippen molar-refractivity contribution in [2.45, 2.75) is 70.7 Å². The topological polar surface area (TPSA) is 99.9 Å². The van der Waals surface area contributed by atoms with Crippen molar-refractivity contribution in [2.75, 3.05) is 0 Å². The molecule has 0 aromatic carbocycles. The number of hydrogen-bond donors (Lipinski definition) is 2. The van der Waals surface area contributed by atoms with Gasteiger partial charge in [-0.3, -0.25) is 4.79 Å². The Morgan fingerprint density at radius 3 is 2.33 bits per heavy atom. The predicted molar refractivity (Wildman–Crippen MR) is 74.3 cm³/mol. The summed E-state index contributed by atoms with van der Waals surface area (Å²) in [6.45, 7) is 8.90. The van der Waals surface area contributed by atoms with Gasteiger partial charge in [-0.1, -0.05) is 0 Å². The van der Waals surface area contributed by atoms with Crippen LogP contribution in [0.5, 0.6) is 0 Å². The van der Waals surface area contributed by atoms with Crippen LogP contribution in [0.15, 0.2) is 0 Å². The van der Waals surface area contributed by atoms with Crippen LogP contribution >= 0.6 is 0 Å². The summed E-state index contributed by atoms with van der Waals surface area (Å²) in [6.07, 6.45) is -0.980. The Hall–Kier alpha value is -1.34. The molecule has 2 aliphatic rings. The molecule has 0 radical (unpaired) electrons. The van der Waals surface area contributed by atoms with E-state index in [1.807, 2.05) is 0 Å². The Morgan fingerprint density at radius 2 is 1.81 bits per heavy atom. The molecule has 0 aromatic rings. The van der Waals surface area contributed by atoms with Crippen molar-refractivity contribution in [1.82, 2.24) is 5.32 Å². The molecule has 1 aliphatic heterocycles. The Balaban J connectivity index is 2.07. The average molecular weight is 300 g/mol. The third-order valence-electron chi connectivity index (χ3n) is 3.53. The molecule has 2 rings (SSSR count). The molecule has 1 saturated heterocycles. The van der Waals surface area contributed by atoms with Gasteiger partial charge in [0.1, 0.15) is 17.8 Å². The van der Waals surface area contributed by atoms with Gasteiger partial charge >= 0.3 is 6.09 Å². The van der Waals surface area contributed by atoms with Crippen molar-refractivity contribution in [3.63, 3.8) is 0 Å². The summed E-state index contributed by atoms with van der Waals surface area (Å²) in [5, 5.41) is 2.76. The Morgan fingerprint density at radius 1 is 1.24 bits per heavy atom. The first-order valence-electron chi connectivity index (χ1n) is 7.13. The highest BCUT2D eigenvalue weighted by Gasteiger charge is 2.56. The fraction of sp³-hybridized carbons (Fsp3) is 0.857. The van der Waals surface area contributed by atoms with Gasteiger partial charge in [0, 0.05) is 0 Å². The minimum Gasteiger partial charge on any atom is -0.444 e. The zero-order valence-electron chi connectivity index (χ0n) is 13.1. The molecule has 0 bridgehead atoms. The maximum Gasteiger partial charge on any atom is 0.407 e. The maximum atomic E-state index is 11.9. The maximum absolute atomic E-state index is 11.9. The van der Waals surface area contributed by atoms with E-state index in [9.17, 15) is 9.59 Å². The fourth-order valence-corrected chi connectivity index (χ4v) is 2.86. The van der Waals surface area contributed by atoms with Gasteiger partial charge in [-0.2, -0.15) is 0 Å². The molecule has 2 amide bonds. The van der Waals surface area contributed by atoms with E-state index in [1.165, 1.54) is 0 Å². The van der Waals surface area contributed by atoms with E-state index in [-0.39, 0.29) is 6.04 Å². The number of nitrogens with two attached hydrogens (primary N) is 1. The minimum atomic E-state index is -0.794. The van der Waals surface area contributed by atoms with Crippen LogP contribution in [-0.4, -0.2) is 41.6 Å². The summed E-state index contributed by atoms with van der Waals surface area (Å²) in [7, 11) is 0. The van der Waals surface area contributed by atoms with Crippen molar-refractivity contribution in [3.8, 4) is 0 Å². The third-order valence-corrected chi connectivity index (χ3v) is 3.53. The van der Waals surface area contributed by atoms with Crippen molar-refractivity contribution in [3.05, 3.63) is 0 Å². The lowest BCUT2D eigenvalue weighted by Gasteiger charge is -2.25. The molecule has 7 heteroatoms. The van der Waals surface area contributed by atoms with Gasteiger partial charge in [0.15, 0.2) is 5.79 Å². The first-order valence-corrected chi connectivity index (χ1v) is 7.13. The number of primary amides is 1. The molecule has 0 unspecified atom stereocenters. The number of rotatable bonds is 2. The van der Waals surface area contributed by atoms with E-state index >= 15 is 0 Å². The molecule has 0 aromatic heterocycles. The second-order valence-electron chi connectivity index (χ2n) is 7.06. The summed E-state index contributed by atoms with van der Waals surface area (Å²) in [5.41, 5.74) is 4.83. The van der Waals surface area contributed by atoms with Gasteiger partial charge in [-0.15, -0.1) is 0 Å². The lowest BCUT2D eigenvalue weighted by molar-refractivity contribution is -0.161. The van der Waals surface area contributed by atoms with Gasteiger partial charge in [-0.05, 0) is 41.0 Å². The monoisotopic (exact) mass is 300 g/mol. The van der Waals surface area contributed by atoms with Crippen LogP contribution < -0.4 is 11.1 Å². The van der Waals surface area contributed by atoms with Crippen molar-refractivity contribution in [1.29, 1.82) is 0 Å². The summed E-state index contributed by atoms with van der Waals surface area (Å²) < 4.78 is 16.8. The van der Waals surface area contributed by atoms with Gasteiger partial charge in [0.2, 0.25) is 5.91 Å². The van der Waals surface area contributed by atoms with Crippen LogP contribution in [0.4, 0.5) is 4.79 Å². The lowest BCUT2D eigenvalue weighted by atomic mass is 10.1. The molecule has 7 nitrogen and oxygen atoms in total. The Bertz CT molecular complexity index is 443. The van der Waals surface area contributed by atoms with Crippen molar-refractivity contribution in [2.24, 2.45) is 11.7 Å². The zero-order valence-corrected chi connectivity index (χ0v) is 13.1. The standard InChI is InChI=1S/C14H24N2O5/c1-13(2,3)21-12(18)16-8-6-7(11(15)17)9-10(8)20-14(4,5)19-9/h7-10H,6H2,1-5H3,(H2,15,17)(H,16,18)/t7-,8+,9+,10-/m0/s1. The number of carbonyl (C=O) groups is 2. The second kappa shape index (κ2) is 5.14. The van der Waals surface area contributed by atoms with Gasteiger partial charge < -0.3 is 25.3 Å². The van der Waals surface area contributed by atoms with Crippen LogP contribution in [0, 0.1) is 5.92 Å². The van der Waals surface area contributed by atoms with E-state index in [1.54, 1.807) is 34.6 Å². The Labute approximate surface area is 124 Å². The van der Waals surface area contributed by atoms with E-state index in [0.29, 0.717) is 6.42 Å². The van der Waals surface area contributed by atoms with Crippen LogP contribution in [0.2, 0.25) is 0 Å². The molecule has 4 atom stereocenters. The quantitative estimate of drug-likeness (QED) is 0.789. The highest BCUT2D eigenvalue weighted by atomic mass is 16.8. The number of fused-ring (bicyclic) bond motifs is 1. The largest absolute Gasteiger partial charge is 0.444 e. The van der Waals surface area contributed by atoms with E-state index < -0.39 is 41.5 Å². The molecule has 120 valence electrons. The third kappa shape index (κ3) is 3.65. The zero-order chi connectivity index (χ0) is 16.0. The predicted octanol–water partition coefficient (Wildman–Crippen LogP) is 0.905. The van der Waals surface area contributed by atoms with Gasteiger partial charge in [0.25, 0.3) is 0 Å². The number of alkyl carbamates (subject to hydrolysis) is 1. The normalized spacial score (nSPS) is 34.3. The highest BCUT2D eigenvalue weighted by molar-refractivity contribution is 5.78. The van der Waals surface area contributed by atoms with Crippen LogP contribution in [-0.2, 0) is 19.0 Å². The van der Waals surface area contributed by atoms with Gasteiger partial charge in [-0.25, -0.2) is 4.79 Å². The molecular formula is C14H24N2O5. The fourth-order valence-electron chi connectivity index (χ4n) is 2.86. The summed E-state index contributed by atoms with van der Waals surface area (Å²) in [5.74, 6) is -1.71. The molecule has 1 aliphatic carbocycles. The van der Waals surface area contributed by atoms with Crippen LogP contribution in [0.25, 0.3) is 0 Å². The molecule has 21 heavy (non-hydrogen) atoms. The van der Waals surface area contributed by atoms with Crippen LogP contribution in [0.3, 0.4) is 0 Å². The number of ether oxygens (including phenoxy) is 3. The highest BCUT2D eigenvalue weighted by Crippen LogP contribution is 2.41. The van der Waals surface area contributed by atoms with Crippen LogP contribution in [0.1, 0.15) is 41.0 Å². The summed E-state index contributed by atoms with van der Waals surface area (Å²) >= 11 is 0. The number of hydrogen-bond acceptors (Lipinski definition) is 5. The molecule has 0 spiro atoms. The summed E-state index contributed by atoms with van der Waals surface area (Å²) in [6, 6.07) is -0.357. The second-order valence-corrected chi connectivity index (χ2v) is 7.06. The van der Waals surface area contributed by atoms with Crippen molar-refractivity contribution < 1.29 is 23.8 Å². The number of amides is 2. The molecule has 3 N–H and O–H groups in total. The molecular weight excluding hydrogens is 276 g/mol. The van der Waals surface area contributed by atoms with E-state index in [2.05, 4.69) is 5.32 Å². The van der Waals surface area contributed by atoms with E-state index in [4.69, 9.17) is 19.9 Å². The summed E-state index contributed by atoms with van der Waals surface area (Å²) in [4.78, 5) is 23.5. The number of carbonyl (C=O) groups excluding carboxylic acids is 2. The lowest BCUT2D eigenvalue weighted by Crippen LogP contribution is -2.45. The van der Waals surface area contributed by atoms with Gasteiger partial charge in [0.05, 0.1) is 12.0 Å². The van der Waals surface area contributed by atoms with Crippen molar-refractivity contribution >= 4 is 12.0 Å². The molecule has 2 fully saturated rings. The van der Waals surface area contributed by atoms with E-state index in [0.717, 1.165) is 0 Å². The SMILES string of the molecule is CC(C)(C)OC(=O)N[C@@H]1C[C@H](C(N)=O)[C@H]2OC(C)(C)O[C@H]21. The molecule has 1 heterocycles. The Kier molecular flexibility index (Phi) is 3.92. The molecule has 1 saturated carbocycles. The number of nitrogens with one attached hydrogen (secondary N) is 1.